The Bertz CT molecular complexity index is 1700. The number of halogens is 2. The number of aryl methyl sites for hydroxylation is 1. The van der Waals surface area contributed by atoms with Crippen LogP contribution in [0.15, 0.2) is 108 Å². The molecule has 0 fully saturated rings. The van der Waals surface area contributed by atoms with E-state index in [1.54, 1.807) is 24.3 Å². The Kier molecular flexibility index (Phi) is 11.4. The van der Waals surface area contributed by atoms with Crippen molar-refractivity contribution in [2.24, 2.45) is 5.92 Å². The van der Waals surface area contributed by atoms with Crippen LogP contribution in [0.5, 0.6) is 0 Å². The fraction of sp³-hybridized carbons (Fsp3) is 0.257. The van der Waals surface area contributed by atoms with Crippen molar-refractivity contribution in [3.8, 4) is 0 Å². The molecule has 4 aromatic carbocycles. The Hall–Kier alpha value is -4.21. The number of benzene rings is 4. The summed E-state index contributed by atoms with van der Waals surface area (Å²) in [7, 11) is -4.25. The van der Waals surface area contributed by atoms with Crippen molar-refractivity contribution in [3.63, 3.8) is 0 Å². The second-order valence-corrected chi connectivity index (χ2v) is 13.6. The van der Waals surface area contributed by atoms with Gasteiger partial charge in [-0.05, 0) is 60.9 Å². The highest BCUT2D eigenvalue weighted by atomic mass is 35.5. The van der Waals surface area contributed by atoms with E-state index in [0.717, 1.165) is 15.4 Å². The molecule has 0 aliphatic carbocycles. The Morgan fingerprint density at radius 1 is 0.867 bits per heavy atom. The minimum absolute atomic E-state index is 0.00739. The first-order valence-corrected chi connectivity index (χ1v) is 16.5. The zero-order valence-corrected chi connectivity index (χ0v) is 27.1. The summed E-state index contributed by atoms with van der Waals surface area (Å²) in [6.45, 7) is 5.22. The highest BCUT2D eigenvalue weighted by molar-refractivity contribution is 7.92. The van der Waals surface area contributed by atoms with E-state index in [0.29, 0.717) is 11.6 Å². The van der Waals surface area contributed by atoms with E-state index in [1.807, 2.05) is 51.1 Å². The molecule has 1 atom stereocenters. The Morgan fingerprint density at radius 2 is 1.49 bits per heavy atom. The molecule has 0 aliphatic heterocycles. The van der Waals surface area contributed by atoms with Gasteiger partial charge in [0.05, 0.1) is 10.6 Å². The zero-order chi connectivity index (χ0) is 32.6. The molecule has 7 nitrogen and oxygen atoms in total. The lowest BCUT2D eigenvalue weighted by atomic mass is 10.0. The first kappa shape index (κ1) is 33.7. The predicted octanol–water partition coefficient (Wildman–Crippen LogP) is 6.40. The van der Waals surface area contributed by atoms with Crippen molar-refractivity contribution in [1.82, 2.24) is 10.2 Å². The van der Waals surface area contributed by atoms with Crippen LogP contribution in [0.1, 0.15) is 30.5 Å². The van der Waals surface area contributed by atoms with Gasteiger partial charge in [-0.3, -0.25) is 13.9 Å². The van der Waals surface area contributed by atoms with Crippen molar-refractivity contribution < 1.29 is 22.4 Å². The van der Waals surface area contributed by atoms with E-state index >= 15 is 4.39 Å². The van der Waals surface area contributed by atoms with Crippen LogP contribution in [0.2, 0.25) is 5.02 Å². The third kappa shape index (κ3) is 8.93. The van der Waals surface area contributed by atoms with Crippen molar-refractivity contribution in [2.45, 2.75) is 44.7 Å². The number of rotatable bonds is 13. The average molecular weight is 650 g/mol. The van der Waals surface area contributed by atoms with Gasteiger partial charge in [0.25, 0.3) is 10.0 Å². The fourth-order valence-electron chi connectivity index (χ4n) is 4.76. The summed E-state index contributed by atoms with van der Waals surface area (Å²) in [6, 6.07) is 26.6. The number of carbonyl (C=O) groups excluding carboxylic acids is 2. The van der Waals surface area contributed by atoms with E-state index in [-0.39, 0.29) is 35.0 Å². The van der Waals surface area contributed by atoms with Crippen molar-refractivity contribution in [2.75, 3.05) is 17.4 Å². The lowest BCUT2D eigenvalue weighted by molar-refractivity contribution is -0.140. The first-order chi connectivity index (χ1) is 21.5. The van der Waals surface area contributed by atoms with Crippen LogP contribution in [-0.4, -0.2) is 44.3 Å². The number of nitrogens with one attached hydrogen (secondary N) is 1. The van der Waals surface area contributed by atoms with E-state index in [2.05, 4.69) is 5.32 Å². The molecule has 0 heterocycles. The van der Waals surface area contributed by atoms with Gasteiger partial charge >= 0.3 is 0 Å². The molecule has 0 spiro atoms. The SMILES string of the molecule is Cc1ccc(S(=O)(=O)N(CC(=O)N(Cc2ccccc2F)[C@@H](Cc2ccccc2)C(=O)NCC(C)C)c2ccc(Cl)cc2)cc1. The van der Waals surface area contributed by atoms with Crippen LogP contribution >= 0.6 is 11.6 Å². The molecule has 10 heteroatoms. The molecule has 2 amide bonds. The summed E-state index contributed by atoms with van der Waals surface area (Å²) in [4.78, 5) is 29.4. The third-order valence-corrected chi connectivity index (χ3v) is 9.30. The van der Waals surface area contributed by atoms with E-state index < -0.39 is 40.2 Å². The monoisotopic (exact) mass is 649 g/mol. The second-order valence-electron chi connectivity index (χ2n) is 11.3. The Morgan fingerprint density at radius 3 is 2.11 bits per heavy atom. The molecule has 0 saturated carbocycles. The molecule has 0 bridgehead atoms. The summed E-state index contributed by atoms with van der Waals surface area (Å²) in [5.41, 5.74) is 2.06. The molecule has 0 aromatic heterocycles. The average Bonchev–Trinajstić information content (AvgIpc) is 3.02. The van der Waals surface area contributed by atoms with Gasteiger partial charge in [-0.2, -0.15) is 0 Å². The van der Waals surface area contributed by atoms with Gasteiger partial charge in [0.1, 0.15) is 18.4 Å². The lowest BCUT2D eigenvalue weighted by Gasteiger charge is -2.34. The van der Waals surface area contributed by atoms with Gasteiger partial charge in [-0.1, -0.05) is 91.7 Å². The minimum atomic E-state index is -4.25. The number of nitrogens with zero attached hydrogens (tertiary/aromatic N) is 2. The van der Waals surface area contributed by atoms with Crippen LogP contribution in [0.25, 0.3) is 0 Å². The first-order valence-electron chi connectivity index (χ1n) is 14.6. The highest BCUT2D eigenvalue weighted by Crippen LogP contribution is 2.27. The molecule has 45 heavy (non-hydrogen) atoms. The minimum Gasteiger partial charge on any atom is -0.354 e. The van der Waals surface area contributed by atoms with Crippen LogP contribution in [-0.2, 0) is 32.6 Å². The number of hydrogen-bond donors (Lipinski definition) is 1. The Balaban J connectivity index is 1.80. The number of amides is 2. The topological polar surface area (TPSA) is 86.8 Å². The smallest absolute Gasteiger partial charge is 0.264 e. The van der Waals surface area contributed by atoms with E-state index in [4.69, 9.17) is 11.6 Å². The largest absolute Gasteiger partial charge is 0.354 e. The van der Waals surface area contributed by atoms with Crippen molar-refractivity contribution in [3.05, 3.63) is 131 Å². The molecule has 236 valence electrons. The van der Waals surface area contributed by atoms with Gasteiger partial charge in [0.2, 0.25) is 11.8 Å². The van der Waals surface area contributed by atoms with Gasteiger partial charge in [0, 0.05) is 30.1 Å². The number of sulfonamides is 1. The lowest BCUT2D eigenvalue weighted by Crippen LogP contribution is -2.53. The van der Waals surface area contributed by atoms with E-state index in [1.165, 1.54) is 53.4 Å². The fourth-order valence-corrected chi connectivity index (χ4v) is 6.30. The molecule has 1 N–H and O–H groups in total. The van der Waals surface area contributed by atoms with Gasteiger partial charge in [-0.15, -0.1) is 0 Å². The normalized spacial score (nSPS) is 12.0. The number of carbonyl (C=O) groups is 2. The van der Waals surface area contributed by atoms with Gasteiger partial charge < -0.3 is 10.2 Å². The summed E-state index contributed by atoms with van der Waals surface area (Å²) >= 11 is 6.11. The van der Waals surface area contributed by atoms with E-state index in [9.17, 15) is 18.0 Å². The maximum absolute atomic E-state index is 15.0. The molecule has 0 radical (unpaired) electrons. The van der Waals surface area contributed by atoms with Crippen LogP contribution < -0.4 is 9.62 Å². The molecule has 4 aromatic rings. The van der Waals surface area contributed by atoms with Crippen LogP contribution in [0.3, 0.4) is 0 Å². The molecule has 0 aliphatic rings. The molecule has 0 unspecified atom stereocenters. The highest BCUT2D eigenvalue weighted by Gasteiger charge is 2.35. The quantitative estimate of drug-likeness (QED) is 0.182. The number of hydrogen-bond acceptors (Lipinski definition) is 4. The van der Waals surface area contributed by atoms with Crippen molar-refractivity contribution >= 4 is 39.1 Å². The maximum atomic E-state index is 15.0. The number of anilines is 1. The summed E-state index contributed by atoms with van der Waals surface area (Å²) in [6.07, 6.45) is 0.136. The predicted molar refractivity (Wildman–Crippen MR) is 176 cm³/mol. The molecule has 4 rings (SSSR count). The van der Waals surface area contributed by atoms with Crippen LogP contribution in [0, 0.1) is 18.7 Å². The van der Waals surface area contributed by atoms with Gasteiger partial charge in [-0.25, -0.2) is 12.8 Å². The molecule has 0 saturated heterocycles. The summed E-state index contributed by atoms with van der Waals surface area (Å²) in [5.74, 6) is -1.50. The van der Waals surface area contributed by atoms with Gasteiger partial charge in [0.15, 0.2) is 0 Å². The van der Waals surface area contributed by atoms with Crippen LogP contribution in [0.4, 0.5) is 10.1 Å². The third-order valence-electron chi connectivity index (χ3n) is 7.26. The summed E-state index contributed by atoms with van der Waals surface area (Å²) < 4.78 is 44.1. The molecular weight excluding hydrogens is 613 g/mol. The van der Waals surface area contributed by atoms with Crippen molar-refractivity contribution in [1.29, 1.82) is 0 Å². The second kappa shape index (κ2) is 15.2. The summed E-state index contributed by atoms with van der Waals surface area (Å²) in [5, 5.41) is 3.31. The molecular formula is C35H37ClFN3O4S. The maximum Gasteiger partial charge on any atom is 0.264 e. The Labute approximate surface area is 269 Å². The standard InChI is InChI=1S/C35H37ClFN3O4S/c1-25(2)22-38-35(42)33(21-27-9-5-4-6-10-27)39(23-28-11-7-8-12-32(28)37)34(41)24-40(30-17-15-29(36)16-18-30)45(43,44)31-19-13-26(3)14-20-31/h4-20,25,33H,21-24H2,1-3H3,(H,38,42)/t33-/m0/s1. The zero-order valence-electron chi connectivity index (χ0n) is 25.5.